The molecule has 18 heavy (non-hydrogen) atoms. The fraction of sp³-hybridized carbons (Fsp3) is 0.286. The minimum atomic E-state index is -0.539. The molecule has 0 aliphatic heterocycles. The Kier molecular flexibility index (Phi) is 3.30. The van der Waals surface area contributed by atoms with E-state index in [9.17, 15) is 0 Å². The highest BCUT2D eigenvalue weighted by Gasteiger charge is 2.18. The van der Waals surface area contributed by atoms with Crippen LogP contribution in [0.2, 0.25) is 0 Å². The Hall–Kier alpha value is -1.94. The molecule has 4 heteroatoms. The van der Waals surface area contributed by atoms with Crippen molar-refractivity contribution < 1.29 is 4.74 Å². The summed E-state index contributed by atoms with van der Waals surface area (Å²) >= 11 is 0. The molecule has 1 heterocycles. The van der Waals surface area contributed by atoms with E-state index in [1.54, 1.807) is 13.3 Å². The Morgan fingerprint density at radius 2 is 1.78 bits per heavy atom. The lowest BCUT2D eigenvalue weighted by Crippen LogP contribution is -2.31. The standard InChI is InChI=1S/C14H17N3O/c1-14(2,15)13-16-9-8-12(17-13)10-4-6-11(18-3)7-5-10/h4-9H,15H2,1-3H3. The number of nitrogens with two attached hydrogens (primary N) is 1. The third-order valence-corrected chi connectivity index (χ3v) is 2.62. The van der Waals surface area contributed by atoms with Gasteiger partial charge >= 0.3 is 0 Å². The Morgan fingerprint density at radius 3 is 2.33 bits per heavy atom. The van der Waals surface area contributed by atoms with Crippen LogP contribution >= 0.6 is 0 Å². The molecule has 0 radical (unpaired) electrons. The van der Waals surface area contributed by atoms with Gasteiger partial charge in [0.1, 0.15) is 11.6 Å². The average molecular weight is 243 g/mol. The zero-order valence-corrected chi connectivity index (χ0v) is 10.8. The third kappa shape index (κ3) is 2.65. The summed E-state index contributed by atoms with van der Waals surface area (Å²) < 4.78 is 5.13. The van der Waals surface area contributed by atoms with Gasteiger partial charge in [-0.15, -0.1) is 0 Å². The molecule has 0 fully saturated rings. The summed E-state index contributed by atoms with van der Waals surface area (Å²) in [6.45, 7) is 3.78. The summed E-state index contributed by atoms with van der Waals surface area (Å²) in [4.78, 5) is 8.70. The maximum absolute atomic E-state index is 6.00. The first-order valence-corrected chi connectivity index (χ1v) is 5.77. The van der Waals surface area contributed by atoms with Gasteiger partial charge in [0.2, 0.25) is 0 Å². The molecule has 4 nitrogen and oxygen atoms in total. The van der Waals surface area contributed by atoms with Crippen LogP contribution in [0.1, 0.15) is 19.7 Å². The van der Waals surface area contributed by atoms with Crippen molar-refractivity contribution in [3.63, 3.8) is 0 Å². The number of benzene rings is 1. The summed E-state index contributed by atoms with van der Waals surface area (Å²) in [6.07, 6.45) is 1.73. The van der Waals surface area contributed by atoms with Crippen molar-refractivity contribution in [1.82, 2.24) is 9.97 Å². The van der Waals surface area contributed by atoms with Crippen molar-refractivity contribution in [1.29, 1.82) is 0 Å². The van der Waals surface area contributed by atoms with Crippen molar-refractivity contribution in [2.45, 2.75) is 19.4 Å². The molecule has 0 saturated heterocycles. The van der Waals surface area contributed by atoms with Crippen LogP contribution in [0.25, 0.3) is 11.3 Å². The average Bonchev–Trinajstić information content (AvgIpc) is 2.38. The number of methoxy groups -OCH3 is 1. The van der Waals surface area contributed by atoms with Crippen LogP contribution in [0.3, 0.4) is 0 Å². The van der Waals surface area contributed by atoms with Gasteiger partial charge < -0.3 is 10.5 Å². The van der Waals surface area contributed by atoms with Crippen LogP contribution in [-0.4, -0.2) is 17.1 Å². The quantitative estimate of drug-likeness (QED) is 0.898. The normalized spacial score (nSPS) is 11.3. The smallest absolute Gasteiger partial charge is 0.148 e. The molecule has 0 aliphatic rings. The highest BCUT2D eigenvalue weighted by molar-refractivity contribution is 5.59. The van der Waals surface area contributed by atoms with E-state index in [4.69, 9.17) is 10.5 Å². The van der Waals surface area contributed by atoms with Crippen LogP contribution in [0.15, 0.2) is 36.5 Å². The maximum Gasteiger partial charge on any atom is 0.148 e. The van der Waals surface area contributed by atoms with Crippen molar-refractivity contribution >= 4 is 0 Å². The number of ether oxygens (including phenoxy) is 1. The van der Waals surface area contributed by atoms with E-state index in [1.165, 1.54) is 0 Å². The molecule has 0 amide bonds. The van der Waals surface area contributed by atoms with Crippen molar-refractivity contribution in [2.24, 2.45) is 5.73 Å². The third-order valence-electron chi connectivity index (χ3n) is 2.62. The number of hydrogen-bond donors (Lipinski definition) is 1. The number of aromatic nitrogens is 2. The summed E-state index contributed by atoms with van der Waals surface area (Å²) in [6, 6.07) is 9.62. The van der Waals surface area contributed by atoms with Gasteiger partial charge in [0, 0.05) is 11.8 Å². The van der Waals surface area contributed by atoms with Gasteiger partial charge in [-0.05, 0) is 44.2 Å². The minimum Gasteiger partial charge on any atom is -0.497 e. The van der Waals surface area contributed by atoms with E-state index in [-0.39, 0.29) is 0 Å². The van der Waals surface area contributed by atoms with Crippen LogP contribution in [-0.2, 0) is 5.54 Å². The Bertz CT molecular complexity index is 529. The lowest BCUT2D eigenvalue weighted by molar-refractivity contribution is 0.415. The number of nitrogens with zero attached hydrogens (tertiary/aromatic N) is 2. The van der Waals surface area contributed by atoms with Crippen molar-refractivity contribution in [3.05, 3.63) is 42.4 Å². The second-order valence-corrected chi connectivity index (χ2v) is 4.72. The second-order valence-electron chi connectivity index (χ2n) is 4.72. The molecule has 0 saturated carbocycles. The van der Waals surface area contributed by atoms with Gasteiger partial charge in [0.05, 0.1) is 18.3 Å². The summed E-state index contributed by atoms with van der Waals surface area (Å²) in [5, 5.41) is 0. The molecule has 0 unspecified atom stereocenters. The van der Waals surface area contributed by atoms with Crippen LogP contribution in [0.5, 0.6) is 5.75 Å². The molecule has 2 rings (SSSR count). The van der Waals surface area contributed by atoms with E-state index in [2.05, 4.69) is 9.97 Å². The largest absolute Gasteiger partial charge is 0.497 e. The predicted molar refractivity (Wildman–Crippen MR) is 71.2 cm³/mol. The zero-order valence-electron chi connectivity index (χ0n) is 10.8. The Balaban J connectivity index is 2.38. The highest BCUT2D eigenvalue weighted by atomic mass is 16.5. The number of hydrogen-bond acceptors (Lipinski definition) is 4. The van der Waals surface area contributed by atoms with Gasteiger partial charge in [-0.2, -0.15) is 0 Å². The van der Waals surface area contributed by atoms with Gasteiger partial charge in [-0.3, -0.25) is 0 Å². The van der Waals surface area contributed by atoms with E-state index >= 15 is 0 Å². The predicted octanol–water partition coefficient (Wildman–Crippen LogP) is 2.35. The van der Waals surface area contributed by atoms with E-state index in [1.807, 2.05) is 44.2 Å². The van der Waals surface area contributed by atoms with Crippen molar-refractivity contribution in [3.8, 4) is 17.0 Å². The van der Waals surface area contributed by atoms with Crippen LogP contribution in [0, 0.1) is 0 Å². The fourth-order valence-corrected chi connectivity index (χ4v) is 1.59. The molecule has 94 valence electrons. The lowest BCUT2D eigenvalue weighted by atomic mass is 10.1. The van der Waals surface area contributed by atoms with E-state index < -0.39 is 5.54 Å². The first-order chi connectivity index (χ1) is 8.50. The van der Waals surface area contributed by atoms with Gasteiger partial charge in [-0.25, -0.2) is 9.97 Å². The monoisotopic (exact) mass is 243 g/mol. The van der Waals surface area contributed by atoms with Gasteiger partial charge in [0.15, 0.2) is 0 Å². The first kappa shape index (κ1) is 12.5. The molecular formula is C14H17N3O. The second kappa shape index (κ2) is 4.74. The minimum absolute atomic E-state index is 0.539. The highest BCUT2D eigenvalue weighted by Crippen LogP contribution is 2.22. The van der Waals surface area contributed by atoms with E-state index in [0.29, 0.717) is 5.82 Å². The SMILES string of the molecule is COc1ccc(-c2ccnc(C(C)(C)N)n2)cc1. The zero-order chi connectivity index (χ0) is 13.2. The molecule has 0 bridgehead atoms. The summed E-state index contributed by atoms with van der Waals surface area (Å²) in [5.41, 5.74) is 7.34. The topological polar surface area (TPSA) is 61.0 Å². The van der Waals surface area contributed by atoms with Gasteiger partial charge in [0.25, 0.3) is 0 Å². The number of rotatable bonds is 3. The molecule has 1 aromatic carbocycles. The van der Waals surface area contributed by atoms with Crippen LogP contribution in [0.4, 0.5) is 0 Å². The molecule has 2 aromatic rings. The first-order valence-electron chi connectivity index (χ1n) is 5.77. The fourth-order valence-electron chi connectivity index (χ4n) is 1.59. The Labute approximate surface area is 107 Å². The van der Waals surface area contributed by atoms with E-state index in [0.717, 1.165) is 17.0 Å². The molecule has 0 aliphatic carbocycles. The molecule has 2 N–H and O–H groups in total. The summed E-state index contributed by atoms with van der Waals surface area (Å²) in [7, 11) is 1.65. The molecule has 0 spiro atoms. The molecule has 1 aromatic heterocycles. The van der Waals surface area contributed by atoms with Crippen LogP contribution < -0.4 is 10.5 Å². The summed E-state index contributed by atoms with van der Waals surface area (Å²) in [5.74, 6) is 1.46. The lowest BCUT2D eigenvalue weighted by Gasteiger charge is -2.17. The maximum atomic E-state index is 6.00. The Morgan fingerprint density at radius 1 is 1.11 bits per heavy atom. The molecular weight excluding hydrogens is 226 g/mol. The molecule has 0 atom stereocenters. The van der Waals surface area contributed by atoms with Gasteiger partial charge in [-0.1, -0.05) is 0 Å². The van der Waals surface area contributed by atoms with Crippen molar-refractivity contribution in [2.75, 3.05) is 7.11 Å².